The lowest BCUT2D eigenvalue weighted by Gasteiger charge is -2.00. The average Bonchev–Trinajstić information content (AvgIpc) is 2.53. The SMILES string of the molecule is Cc1nnc2n1CC(C(=O)O)C2.Cl. The number of aromatic nitrogens is 3. The highest BCUT2D eigenvalue weighted by atomic mass is 35.5. The maximum atomic E-state index is 10.6. The molecule has 0 saturated heterocycles. The van der Waals surface area contributed by atoms with E-state index in [1.807, 2.05) is 11.5 Å². The first-order valence-corrected chi connectivity index (χ1v) is 3.80. The van der Waals surface area contributed by atoms with Crippen LogP contribution in [0, 0.1) is 12.8 Å². The molecule has 1 aliphatic rings. The molecule has 6 heteroatoms. The molecule has 1 aromatic rings. The number of aliphatic carboxylic acids is 1. The summed E-state index contributed by atoms with van der Waals surface area (Å²) >= 11 is 0. The van der Waals surface area contributed by atoms with Gasteiger partial charge in [-0.25, -0.2) is 0 Å². The Kier molecular flexibility index (Phi) is 2.56. The number of carbonyl (C=O) groups is 1. The third-order valence-electron chi connectivity index (χ3n) is 2.19. The lowest BCUT2D eigenvalue weighted by Crippen LogP contribution is -2.15. The number of rotatable bonds is 1. The smallest absolute Gasteiger partial charge is 0.308 e. The number of carboxylic acid groups (broad SMARTS) is 1. The van der Waals surface area contributed by atoms with E-state index >= 15 is 0 Å². The van der Waals surface area contributed by atoms with Crippen molar-refractivity contribution in [3.05, 3.63) is 11.6 Å². The Bertz CT molecular complexity index is 336. The number of hydrogen-bond donors (Lipinski definition) is 1. The van der Waals surface area contributed by atoms with Crippen LogP contribution in [-0.2, 0) is 17.8 Å². The molecule has 0 fully saturated rings. The van der Waals surface area contributed by atoms with Crippen molar-refractivity contribution in [3.63, 3.8) is 0 Å². The summed E-state index contributed by atoms with van der Waals surface area (Å²) in [6, 6.07) is 0. The molecule has 1 atom stereocenters. The van der Waals surface area contributed by atoms with Crippen LogP contribution in [-0.4, -0.2) is 25.8 Å². The van der Waals surface area contributed by atoms with Crippen molar-refractivity contribution >= 4 is 18.4 Å². The zero-order valence-electron chi connectivity index (χ0n) is 7.10. The summed E-state index contributed by atoms with van der Waals surface area (Å²) in [6.07, 6.45) is 0.510. The van der Waals surface area contributed by atoms with Crippen LogP contribution in [0.15, 0.2) is 0 Å². The van der Waals surface area contributed by atoms with E-state index in [0.29, 0.717) is 13.0 Å². The van der Waals surface area contributed by atoms with Gasteiger partial charge in [0.15, 0.2) is 0 Å². The van der Waals surface area contributed by atoms with Gasteiger partial charge in [-0.15, -0.1) is 22.6 Å². The molecule has 1 aromatic heterocycles. The Balaban J connectivity index is 0.000000845. The standard InChI is InChI=1S/C7H9N3O2.ClH/c1-4-8-9-6-2-5(7(11)12)3-10(4)6;/h5H,2-3H2,1H3,(H,11,12);1H. The second-order valence-electron chi connectivity index (χ2n) is 3.01. The summed E-state index contributed by atoms with van der Waals surface area (Å²) in [5, 5.41) is 16.5. The molecule has 1 aliphatic heterocycles. The summed E-state index contributed by atoms with van der Waals surface area (Å²) in [4.78, 5) is 10.6. The number of carboxylic acids is 1. The van der Waals surface area contributed by atoms with Gasteiger partial charge in [-0.1, -0.05) is 0 Å². The van der Waals surface area contributed by atoms with Gasteiger partial charge < -0.3 is 9.67 Å². The molecule has 2 heterocycles. The van der Waals surface area contributed by atoms with Gasteiger partial charge in [0.05, 0.1) is 5.92 Å². The van der Waals surface area contributed by atoms with Gasteiger partial charge in [0.2, 0.25) is 0 Å². The van der Waals surface area contributed by atoms with E-state index in [9.17, 15) is 4.79 Å². The molecule has 0 amide bonds. The Hall–Kier alpha value is -1.10. The van der Waals surface area contributed by atoms with Crippen molar-refractivity contribution in [2.75, 3.05) is 0 Å². The van der Waals surface area contributed by atoms with E-state index in [1.165, 1.54) is 0 Å². The molecule has 2 rings (SSSR count). The lowest BCUT2D eigenvalue weighted by atomic mass is 10.1. The molecule has 0 radical (unpaired) electrons. The quantitative estimate of drug-likeness (QED) is 0.711. The molecule has 72 valence electrons. The summed E-state index contributed by atoms with van der Waals surface area (Å²) < 4.78 is 1.86. The van der Waals surface area contributed by atoms with Crippen LogP contribution >= 0.6 is 12.4 Å². The number of hydrogen-bond acceptors (Lipinski definition) is 3. The summed E-state index contributed by atoms with van der Waals surface area (Å²) in [5.74, 6) is 0.530. The van der Waals surface area contributed by atoms with E-state index in [-0.39, 0.29) is 18.3 Å². The molecule has 5 nitrogen and oxygen atoms in total. The van der Waals surface area contributed by atoms with Crippen LogP contribution in [0.5, 0.6) is 0 Å². The molecule has 13 heavy (non-hydrogen) atoms. The van der Waals surface area contributed by atoms with Crippen LogP contribution in [0.4, 0.5) is 0 Å². The zero-order valence-corrected chi connectivity index (χ0v) is 7.91. The number of aryl methyl sites for hydroxylation is 1. The van der Waals surface area contributed by atoms with Crippen LogP contribution in [0.25, 0.3) is 0 Å². The van der Waals surface area contributed by atoms with Gasteiger partial charge >= 0.3 is 5.97 Å². The second kappa shape index (κ2) is 3.33. The minimum Gasteiger partial charge on any atom is -0.481 e. The number of halogens is 1. The van der Waals surface area contributed by atoms with Gasteiger partial charge in [0.1, 0.15) is 11.6 Å². The number of fused-ring (bicyclic) bond motifs is 1. The van der Waals surface area contributed by atoms with Crippen molar-refractivity contribution < 1.29 is 9.90 Å². The predicted molar refractivity (Wildman–Crippen MR) is 46.8 cm³/mol. The lowest BCUT2D eigenvalue weighted by molar-refractivity contribution is -0.141. The van der Waals surface area contributed by atoms with E-state index in [4.69, 9.17) is 5.11 Å². The second-order valence-corrected chi connectivity index (χ2v) is 3.01. The van der Waals surface area contributed by atoms with E-state index in [1.54, 1.807) is 0 Å². The fourth-order valence-corrected chi connectivity index (χ4v) is 1.48. The van der Waals surface area contributed by atoms with Crippen molar-refractivity contribution in [1.29, 1.82) is 0 Å². The minimum atomic E-state index is -0.750. The van der Waals surface area contributed by atoms with Crippen LogP contribution in [0.1, 0.15) is 11.6 Å². The first-order chi connectivity index (χ1) is 5.68. The van der Waals surface area contributed by atoms with E-state index < -0.39 is 5.97 Å². The molecule has 0 aliphatic carbocycles. The molecule has 0 saturated carbocycles. The fraction of sp³-hybridized carbons (Fsp3) is 0.571. The van der Waals surface area contributed by atoms with Crippen LogP contribution in [0.3, 0.4) is 0 Å². The average molecular weight is 204 g/mol. The third kappa shape index (κ3) is 1.51. The maximum Gasteiger partial charge on any atom is 0.308 e. The minimum absolute atomic E-state index is 0. The van der Waals surface area contributed by atoms with E-state index in [0.717, 1.165) is 11.6 Å². The van der Waals surface area contributed by atoms with Crippen molar-refractivity contribution in [2.45, 2.75) is 19.9 Å². The Morgan fingerprint density at radius 3 is 2.85 bits per heavy atom. The zero-order chi connectivity index (χ0) is 8.72. The highest BCUT2D eigenvalue weighted by Gasteiger charge is 2.29. The topological polar surface area (TPSA) is 68.0 Å². The molecule has 0 spiro atoms. The Labute approximate surface area is 81.2 Å². The molecular formula is C7H10ClN3O2. The van der Waals surface area contributed by atoms with Crippen LogP contribution in [0.2, 0.25) is 0 Å². The first-order valence-electron chi connectivity index (χ1n) is 3.80. The van der Waals surface area contributed by atoms with Gasteiger partial charge in [-0.3, -0.25) is 4.79 Å². The monoisotopic (exact) mass is 203 g/mol. The molecule has 0 aromatic carbocycles. The fourth-order valence-electron chi connectivity index (χ4n) is 1.48. The number of nitrogens with zero attached hydrogens (tertiary/aromatic N) is 3. The Morgan fingerprint density at radius 2 is 2.31 bits per heavy atom. The van der Waals surface area contributed by atoms with Gasteiger partial charge in [0, 0.05) is 13.0 Å². The molecule has 0 bridgehead atoms. The molecule has 1 unspecified atom stereocenters. The maximum absolute atomic E-state index is 10.6. The van der Waals surface area contributed by atoms with Crippen molar-refractivity contribution in [3.8, 4) is 0 Å². The normalized spacial score (nSPS) is 19.3. The summed E-state index contributed by atoms with van der Waals surface area (Å²) in [7, 11) is 0. The van der Waals surface area contributed by atoms with Crippen molar-refractivity contribution in [1.82, 2.24) is 14.8 Å². The van der Waals surface area contributed by atoms with Gasteiger partial charge in [-0.2, -0.15) is 0 Å². The predicted octanol–water partition coefficient (Wildman–Crippen LogP) is 0.265. The third-order valence-corrected chi connectivity index (χ3v) is 2.19. The largest absolute Gasteiger partial charge is 0.481 e. The van der Waals surface area contributed by atoms with E-state index in [2.05, 4.69) is 10.2 Å². The Morgan fingerprint density at radius 1 is 1.62 bits per heavy atom. The summed E-state index contributed by atoms with van der Waals surface area (Å²) in [5.41, 5.74) is 0. The molecule has 1 N–H and O–H groups in total. The van der Waals surface area contributed by atoms with Crippen LogP contribution < -0.4 is 0 Å². The van der Waals surface area contributed by atoms with Crippen molar-refractivity contribution in [2.24, 2.45) is 5.92 Å². The highest BCUT2D eigenvalue weighted by molar-refractivity contribution is 5.85. The highest BCUT2D eigenvalue weighted by Crippen LogP contribution is 2.19. The molecular weight excluding hydrogens is 194 g/mol. The summed E-state index contributed by atoms with van der Waals surface area (Å²) in [6.45, 7) is 2.35. The first kappa shape index (κ1) is 9.98. The van der Waals surface area contributed by atoms with Gasteiger partial charge in [0.25, 0.3) is 0 Å². The van der Waals surface area contributed by atoms with Gasteiger partial charge in [-0.05, 0) is 6.92 Å².